The predicted octanol–water partition coefficient (Wildman–Crippen LogP) is 1.23. The van der Waals surface area contributed by atoms with E-state index in [4.69, 9.17) is 5.26 Å². The molecule has 0 atom stereocenters. The molecule has 0 aliphatic carbocycles. The van der Waals surface area contributed by atoms with Crippen molar-refractivity contribution in [3.63, 3.8) is 0 Å². The predicted molar refractivity (Wildman–Crippen MR) is 67.3 cm³/mol. The van der Waals surface area contributed by atoms with Gasteiger partial charge in [-0.1, -0.05) is 6.92 Å². The number of hydrogen-bond acceptors (Lipinski definition) is 6. The molecule has 1 aromatic rings. The third kappa shape index (κ3) is 3.68. The zero-order valence-electron chi connectivity index (χ0n) is 10.4. The van der Waals surface area contributed by atoms with Crippen LogP contribution in [-0.4, -0.2) is 41.5 Å². The van der Waals surface area contributed by atoms with Crippen molar-refractivity contribution in [2.24, 2.45) is 0 Å². The SMILES string of the molecule is CCN(C)CCNc1ccc([N+](=O)[O-])c(C#N)n1. The van der Waals surface area contributed by atoms with Gasteiger partial charge in [-0.05, 0) is 19.7 Å². The average Bonchev–Trinajstić information content (AvgIpc) is 2.37. The first kappa shape index (κ1) is 13.9. The highest BCUT2D eigenvalue weighted by molar-refractivity contribution is 5.50. The van der Waals surface area contributed by atoms with E-state index in [9.17, 15) is 10.1 Å². The van der Waals surface area contributed by atoms with E-state index in [0.717, 1.165) is 13.1 Å². The molecule has 7 heteroatoms. The lowest BCUT2D eigenvalue weighted by molar-refractivity contribution is -0.385. The molecule has 0 unspecified atom stereocenters. The summed E-state index contributed by atoms with van der Waals surface area (Å²) in [4.78, 5) is 16.0. The molecule has 0 aromatic carbocycles. The van der Waals surface area contributed by atoms with Gasteiger partial charge in [0.15, 0.2) is 0 Å². The molecule has 1 rings (SSSR count). The molecular weight excluding hydrogens is 234 g/mol. The number of hydrogen-bond donors (Lipinski definition) is 1. The molecule has 7 nitrogen and oxygen atoms in total. The Labute approximate surface area is 105 Å². The van der Waals surface area contributed by atoms with E-state index in [0.29, 0.717) is 12.4 Å². The van der Waals surface area contributed by atoms with Gasteiger partial charge < -0.3 is 10.2 Å². The van der Waals surface area contributed by atoms with Gasteiger partial charge in [-0.3, -0.25) is 10.1 Å². The molecule has 1 N–H and O–H groups in total. The molecule has 1 aromatic heterocycles. The topological polar surface area (TPSA) is 95.1 Å². The van der Waals surface area contributed by atoms with Crippen LogP contribution in [-0.2, 0) is 0 Å². The van der Waals surface area contributed by atoms with E-state index in [1.807, 2.05) is 7.05 Å². The number of nitro groups is 1. The van der Waals surface area contributed by atoms with Crippen molar-refractivity contribution in [2.75, 3.05) is 32.0 Å². The van der Waals surface area contributed by atoms with Crippen molar-refractivity contribution in [1.29, 1.82) is 5.26 Å². The van der Waals surface area contributed by atoms with Crippen molar-refractivity contribution in [3.8, 4) is 6.07 Å². The Hall–Kier alpha value is -2.20. The normalized spacial score (nSPS) is 10.1. The number of nitrogens with one attached hydrogen (secondary N) is 1. The molecule has 0 spiro atoms. The molecule has 0 fully saturated rings. The summed E-state index contributed by atoms with van der Waals surface area (Å²) in [5, 5.41) is 22.4. The van der Waals surface area contributed by atoms with E-state index in [2.05, 4.69) is 22.1 Å². The third-order valence-electron chi connectivity index (χ3n) is 2.52. The maximum absolute atomic E-state index is 10.6. The Morgan fingerprint density at radius 1 is 1.61 bits per heavy atom. The monoisotopic (exact) mass is 249 g/mol. The molecular formula is C11H15N5O2. The summed E-state index contributed by atoms with van der Waals surface area (Å²) >= 11 is 0. The van der Waals surface area contributed by atoms with Crippen molar-refractivity contribution < 1.29 is 4.92 Å². The number of pyridine rings is 1. The molecule has 0 saturated heterocycles. The lowest BCUT2D eigenvalue weighted by atomic mass is 10.3. The second-order valence-corrected chi connectivity index (χ2v) is 3.76. The molecule has 1 heterocycles. The third-order valence-corrected chi connectivity index (χ3v) is 2.52. The standard InChI is InChI=1S/C11H15N5O2/c1-3-15(2)7-6-13-11-5-4-10(16(17)18)9(8-12)14-11/h4-5H,3,6-7H2,1-2H3,(H,13,14). The van der Waals surface area contributed by atoms with E-state index < -0.39 is 4.92 Å². The summed E-state index contributed by atoms with van der Waals surface area (Å²) in [6.07, 6.45) is 0. The maximum atomic E-state index is 10.6. The lowest BCUT2D eigenvalue weighted by Crippen LogP contribution is -2.25. The Morgan fingerprint density at radius 2 is 2.33 bits per heavy atom. The number of anilines is 1. The maximum Gasteiger partial charge on any atom is 0.305 e. The van der Waals surface area contributed by atoms with Crippen LogP contribution in [0.3, 0.4) is 0 Å². The number of rotatable bonds is 6. The summed E-state index contributed by atoms with van der Waals surface area (Å²) < 4.78 is 0. The van der Waals surface area contributed by atoms with Gasteiger partial charge in [-0.15, -0.1) is 0 Å². The molecule has 0 bridgehead atoms. The van der Waals surface area contributed by atoms with Crippen molar-refractivity contribution >= 4 is 11.5 Å². The van der Waals surface area contributed by atoms with Crippen LogP contribution in [0.25, 0.3) is 0 Å². The first-order chi connectivity index (χ1) is 8.58. The highest BCUT2D eigenvalue weighted by Crippen LogP contribution is 2.17. The van der Waals surface area contributed by atoms with Gasteiger partial charge >= 0.3 is 5.69 Å². The van der Waals surface area contributed by atoms with Crippen LogP contribution in [0.5, 0.6) is 0 Å². The number of nitriles is 1. The van der Waals surface area contributed by atoms with Crippen LogP contribution in [0, 0.1) is 21.4 Å². The first-order valence-electron chi connectivity index (χ1n) is 5.56. The molecule has 18 heavy (non-hydrogen) atoms. The summed E-state index contributed by atoms with van der Waals surface area (Å²) in [5.74, 6) is 0.474. The van der Waals surface area contributed by atoms with Gasteiger partial charge in [0.25, 0.3) is 0 Å². The molecule has 96 valence electrons. The van der Waals surface area contributed by atoms with Crippen molar-refractivity contribution in [1.82, 2.24) is 9.88 Å². The van der Waals surface area contributed by atoms with Crippen molar-refractivity contribution in [2.45, 2.75) is 6.92 Å². The second kappa shape index (κ2) is 6.51. The average molecular weight is 249 g/mol. The minimum absolute atomic E-state index is 0.172. The van der Waals surface area contributed by atoms with E-state index >= 15 is 0 Å². The molecule has 0 aliphatic rings. The first-order valence-corrected chi connectivity index (χ1v) is 5.56. The largest absolute Gasteiger partial charge is 0.369 e. The molecule has 0 aliphatic heterocycles. The summed E-state index contributed by atoms with van der Waals surface area (Å²) in [6.45, 7) is 4.49. The van der Waals surface area contributed by atoms with Crippen LogP contribution >= 0.6 is 0 Å². The number of likely N-dealkylation sites (N-methyl/N-ethyl adjacent to an activating group) is 1. The van der Waals surface area contributed by atoms with Crippen LogP contribution in [0.1, 0.15) is 12.6 Å². The zero-order valence-corrected chi connectivity index (χ0v) is 10.4. The van der Waals surface area contributed by atoms with Crippen LogP contribution < -0.4 is 5.32 Å². The van der Waals surface area contributed by atoms with Crippen molar-refractivity contribution in [3.05, 3.63) is 27.9 Å². The molecule has 0 saturated carbocycles. The highest BCUT2D eigenvalue weighted by Gasteiger charge is 2.15. The number of aromatic nitrogens is 1. The highest BCUT2D eigenvalue weighted by atomic mass is 16.6. The van der Waals surface area contributed by atoms with Gasteiger partial charge in [0.1, 0.15) is 11.9 Å². The summed E-state index contributed by atoms with van der Waals surface area (Å²) in [7, 11) is 1.99. The summed E-state index contributed by atoms with van der Waals surface area (Å²) in [5.41, 5.74) is -0.442. The van der Waals surface area contributed by atoms with Gasteiger partial charge in [0.05, 0.1) is 4.92 Å². The Morgan fingerprint density at radius 3 is 2.89 bits per heavy atom. The van der Waals surface area contributed by atoms with Crippen LogP contribution in [0.15, 0.2) is 12.1 Å². The fraction of sp³-hybridized carbons (Fsp3) is 0.455. The molecule has 0 amide bonds. The van der Waals surface area contributed by atoms with Gasteiger partial charge in [0, 0.05) is 19.2 Å². The van der Waals surface area contributed by atoms with E-state index in [1.54, 1.807) is 6.07 Å². The Balaban J connectivity index is 2.69. The van der Waals surface area contributed by atoms with Crippen LogP contribution in [0.4, 0.5) is 11.5 Å². The van der Waals surface area contributed by atoms with Gasteiger partial charge in [0.2, 0.25) is 5.69 Å². The zero-order chi connectivity index (χ0) is 13.5. The Kier molecular flexibility index (Phi) is 5.02. The van der Waals surface area contributed by atoms with Crippen LogP contribution in [0.2, 0.25) is 0 Å². The lowest BCUT2D eigenvalue weighted by Gasteiger charge is -2.14. The fourth-order valence-electron chi connectivity index (χ4n) is 1.31. The Bertz CT molecular complexity index is 469. The van der Waals surface area contributed by atoms with E-state index in [1.165, 1.54) is 12.1 Å². The van der Waals surface area contributed by atoms with Gasteiger partial charge in [-0.25, -0.2) is 4.98 Å². The fourth-order valence-corrected chi connectivity index (χ4v) is 1.31. The second-order valence-electron chi connectivity index (χ2n) is 3.76. The van der Waals surface area contributed by atoms with E-state index in [-0.39, 0.29) is 11.4 Å². The van der Waals surface area contributed by atoms with Gasteiger partial charge in [-0.2, -0.15) is 5.26 Å². The minimum atomic E-state index is -0.611. The quantitative estimate of drug-likeness (QED) is 0.601. The molecule has 0 radical (unpaired) electrons. The minimum Gasteiger partial charge on any atom is -0.369 e. The summed E-state index contributed by atoms with van der Waals surface area (Å²) in [6, 6.07) is 4.52. The number of nitrogens with zero attached hydrogens (tertiary/aromatic N) is 4. The smallest absolute Gasteiger partial charge is 0.305 e.